The third-order valence-electron chi connectivity index (χ3n) is 2.47. The van der Waals surface area contributed by atoms with Crippen molar-refractivity contribution in [2.45, 2.75) is 17.9 Å². The average Bonchev–Trinajstić information content (AvgIpc) is 2.35. The van der Waals surface area contributed by atoms with Gasteiger partial charge in [-0.05, 0) is 39.2 Å². The van der Waals surface area contributed by atoms with Crippen molar-refractivity contribution in [3.8, 4) is 11.8 Å². The molecule has 0 aliphatic rings. The van der Waals surface area contributed by atoms with Crippen molar-refractivity contribution in [1.82, 2.24) is 9.62 Å². The van der Waals surface area contributed by atoms with Crippen LogP contribution in [0.2, 0.25) is 0 Å². The molecule has 0 radical (unpaired) electrons. The fourth-order valence-corrected chi connectivity index (χ4v) is 3.09. The number of likely N-dealkylation sites (N-methyl/N-ethyl adjacent to an activating group) is 1. The minimum atomic E-state index is -3.53. The summed E-state index contributed by atoms with van der Waals surface area (Å²) in [6.07, 6.45) is 0. The number of nitrogens with two attached hydrogens (primary N) is 1. The maximum absolute atomic E-state index is 12.2. The van der Waals surface area contributed by atoms with Crippen LogP contribution in [0.15, 0.2) is 29.2 Å². The van der Waals surface area contributed by atoms with Crippen LogP contribution in [-0.4, -0.2) is 46.5 Å². The highest BCUT2D eigenvalue weighted by Gasteiger charge is 2.17. The zero-order valence-electron chi connectivity index (χ0n) is 12.1. The van der Waals surface area contributed by atoms with Gasteiger partial charge in [-0.1, -0.05) is 17.9 Å². The van der Waals surface area contributed by atoms with Gasteiger partial charge in [0.05, 0.1) is 11.4 Å². The zero-order valence-corrected chi connectivity index (χ0v) is 12.9. The van der Waals surface area contributed by atoms with Crippen molar-refractivity contribution in [2.75, 3.05) is 27.2 Å². The van der Waals surface area contributed by atoms with Crippen LogP contribution in [0, 0.1) is 11.8 Å². The Morgan fingerprint density at radius 2 is 2.10 bits per heavy atom. The fourth-order valence-electron chi connectivity index (χ4n) is 1.81. The molecule has 0 aliphatic heterocycles. The summed E-state index contributed by atoms with van der Waals surface area (Å²) in [6, 6.07) is 6.36. The van der Waals surface area contributed by atoms with E-state index in [0.29, 0.717) is 12.1 Å². The molecule has 0 saturated carbocycles. The molecular formula is C14H21N3O2S. The molecule has 5 nitrogen and oxygen atoms in total. The molecule has 6 heteroatoms. The quantitative estimate of drug-likeness (QED) is 0.762. The smallest absolute Gasteiger partial charge is 0.240 e. The molecule has 1 atom stereocenters. The molecule has 0 saturated heterocycles. The van der Waals surface area contributed by atoms with E-state index < -0.39 is 10.0 Å². The van der Waals surface area contributed by atoms with Gasteiger partial charge in [-0.3, -0.25) is 0 Å². The Kier molecular flexibility index (Phi) is 6.17. The van der Waals surface area contributed by atoms with Crippen molar-refractivity contribution in [3.05, 3.63) is 29.8 Å². The minimum absolute atomic E-state index is 0.172. The summed E-state index contributed by atoms with van der Waals surface area (Å²) >= 11 is 0. The normalized spacial score (nSPS) is 12.8. The Morgan fingerprint density at radius 3 is 2.70 bits per heavy atom. The van der Waals surface area contributed by atoms with Crippen LogP contribution in [0.5, 0.6) is 0 Å². The van der Waals surface area contributed by atoms with Crippen LogP contribution in [0.3, 0.4) is 0 Å². The number of hydrogen-bond acceptors (Lipinski definition) is 4. The van der Waals surface area contributed by atoms with Gasteiger partial charge in [-0.15, -0.1) is 0 Å². The third kappa shape index (κ3) is 5.31. The molecule has 110 valence electrons. The topological polar surface area (TPSA) is 75.4 Å². The number of nitrogens with zero attached hydrogens (tertiary/aromatic N) is 1. The summed E-state index contributed by atoms with van der Waals surface area (Å²) in [7, 11) is 0.265. The number of rotatable bonds is 5. The van der Waals surface area contributed by atoms with Gasteiger partial charge in [0.2, 0.25) is 10.0 Å². The summed E-state index contributed by atoms with van der Waals surface area (Å²) in [5, 5.41) is 0. The molecule has 1 aromatic rings. The van der Waals surface area contributed by atoms with Crippen molar-refractivity contribution >= 4 is 10.0 Å². The number of hydrogen-bond donors (Lipinski definition) is 2. The van der Waals surface area contributed by atoms with Gasteiger partial charge >= 0.3 is 0 Å². The van der Waals surface area contributed by atoms with Crippen LogP contribution < -0.4 is 10.5 Å². The number of sulfonamides is 1. The van der Waals surface area contributed by atoms with Crippen LogP contribution in [0.25, 0.3) is 0 Å². The van der Waals surface area contributed by atoms with Gasteiger partial charge in [0.15, 0.2) is 0 Å². The molecule has 1 unspecified atom stereocenters. The Morgan fingerprint density at radius 1 is 1.40 bits per heavy atom. The SMILES string of the molecule is CC(CN(C)C)NS(=O)(=O)c1cccc(C#CCN)c1. The van der Waals surface area contributed by atoms with Crippen molar-refractivity contribution in [3.63, 3.8) is 0 Å². The van der Waals surface area contributed by atoms with Gasteiger partial charge in [-0.2, -0.15) is 0 Å². The second-order valence-electron chi connectivity index (χ2n) is 4.82. The summed E-state index contributed by atoms with van der Waals surface area (Å²) < 4.78 is 27.1. The van der Waals surface area contributed by atoms with E-state index in [-0.39, 0.29) is 17.5 Å². The number of nitrogens with one attached hydrogen (secondary N) is 1. The molecule has 1 aromatic carbocycles. The second-order valence-corrected chi connectivity index (χ2v) is 6.53. The van der Waals surface area contributed by atoms with Crippen LogP contribution in [0.1, 0.15) is 12.5 Å². The van der Waals surface area contributed by atoms with E-state index in [9.17, 15) is 8.42 Å². The lowest BCUT2D eigenvalue weighted by atomic mass is 10.2. The van der Waals surface area contributed by atoms with Gasteiger partial charge in [0.1, 0.15) is 0 Å². The Hall–Kier alpha value is -1.39. The predicted molar refractivity (Wildman–Crippen MR) is 80.7 cm³/mol. The van der Waals surface area contributed by atoms with Crippen LogP contribution in [0.4, 0.5) is 0 Å². The maximum atomic E-state index is 12.2. The van der Waals surface area contributed by atoms with Crippen LogP contribution >= 0.6 is 0 Å². The Bertz CT molecular complexity index is 600. The van der Waals surface area contributed by atoms with E-state index in [2.05, 4.69) is 16.6 Å². The second kappa shape index (κ2) is 7.41. The molecule has 20 heavy (non-hydrogen) atoms. The van der Waals surface area contributed by atoms with E-state index in [0.717, 1.165) is 0 Å². The molecule has 0 bridgehead atoms. The van der Waals surface area contributed by atoms with Crippen molar-refractivity contribution in [2.24, 2.45) is 5.73 Å². The van der Waals surface area contributed by atoms with E-state index in [1.54, 1.807) is 24.3 Å². The fraction of sp³-hybridized carbons (Fsp3) is 0.429. The van der Waals surface area contributed by atoms with Gasteiger partial charge in [0.25, 0.3) is 0 Å². The molecule has 0 aromatic heterocycles. The molecule has 0 heterocycles. The molecule has 0 spiro atoms. The minimum Gasteiger partial charge on any atom is -0.320 e. The van der Waals surface area contributed by atoms with E-state index in [1.165, 1.54) is 0 Å². The largest absolute Gasteiger partial charge is 0.320 e. The van der Waals surface area contributed by atoms with E-state index in [4.69, 9.17) is 5.73 Å². The highest BCUT2D eigenvalue weighted by Crippen LogP contribution is 2.11. The zero-order chi connectivity index (χ0) is 15.2. The first-order valence-corrected chi connectivity index (χ1v) is 7.79. The van der Waals surface area contributed by atoms with Gasteiger partial charge < -0.3 is 10.6 Å². The molecule has 1 rings (SSSR count). The predicted octanol–water partition coefficient (Wildman–Crippen LogP) is 0.225. The highest BCUT2D eigenvalue weighted by molar-refractivity contribution is 7.89. The van der Waals surface area contributed by atoms with E-state index >= 15 is 0 Å². The van der Waals surface area contributed by atoms with Crippen molar-refractivity contribution < 1.29 is 8.42 Å². The first-order valence-electron chi connectivity index (χ1n) is 6.31. The number of benzene rings is 1. The van der Waals surface area contributed by atoms with Gasteiger partial charge in [0, 0.05) is 18.2 Å². The summed E-state index contributed by atoms with van der Waals surface area (Å²) in [6.45, 7) is 2.70. The lowest BCUT2D eigenvalue weighted by molar-refractivity contribution is 0.370. The average molecular weight is 295 g/mol. The standard InChI is InChI=1S/C14H21N3O2S/c1-12(11-17(2)3)16-20(18,19)14-8-4-6-13(10-14)7-5-9-15/h4,6,8,10,12,16H,9,11,15H2,1-3H3. The van der Waals surface area contributed by atoms with Crippen LogP contribution in [-0.2, 0) is 10.0 Å². The summed E-state index contributed by atoms with van der Waals surface area (Å²) in [4.78, 5) is 2.14. The lowest BCUT2D eigenvalue weighted by Gasteiger charge is -2.18. The highest BCUT2D eigenvalue weighted by atomic mass is 32.2. The van der Waals surface area contributed by atoms with Gasteiger partial charge in [-0.25, -0.2) is 13.1 Å². The Labute approximate surface area is 121 Å². The molecule has 0 fully saturated rings. The monoisotopic (exact) mass is 295 g/mol. The van der Waals surface area contributed by atoms with E-state index in [1.807, 2.05) is 25.9 Å². The third-order valence-corrected chi connectivity index (χ3v) is 4.06. The Balaban J connectivity index is 2.92. The molecule has 0 aliphatic carbocycles. The molecule has 3 N–H and O–H groups in total. The van der Waals surface area contributed by atoms with Crippen molar-refractivity contribution in [1.29, 1.82) is 0 Å². The summed E-state index contributed by atoms with van der Waals surface area (Å²) in [5.74, 6) is 5.53. The maximum Gasteiger partial charge on any atom is 0.240 e. The summed E-state index contributed by atoms with van der Waals surface area (Å²) in [5.41, 5.74) is 5.94. The molecule has 0 amide bonds. The molecular weight excluding hydrogens is 274 g/mol. The first-order chi connectivity index (χ1) is 9.35. The lowest BCUT2D eigenvalue weighted by Crippen LogP contribution is -2.39. The first kappa shape index (κ1) is 16.7.